The van der Waals surface area contributed by atoms with E-state index < -0.39 is 5.60 Å². The van der Waals surface area contributed by atoms with Crippen LogP contribution in [-0.2, 0) is 11.3 Å². The highest BCUT2D eigenvalue weighted by atomic mass is 19.1. The molecule has 18 heavy (non-hydrogen) atoms. The molecular weight excluding hydrogens is 233 g/mol. The van der Waals surface area contributed by atoms with Gasteiger partial charge in [-0.05, 0) is 19.9 Å². The molecule has 1 saturated heterocycles. The number of halogens is 1. The van der Waals surface area contributed by atoms with Crippen LogP contribution in [0.15, 0.2) is 18.2 Å². The Labute approximate surface area is 107 Å². The minimum Gasteiger partial charge on any atom is -0.386 e. The van der Waals surface area contributed by atoms with Gasteiger partial charge in [-0.3, -0.25) is 0 Å². The molecule has 4 heteroatoms. The summed E-state index contributed by atoms with van der Waals surface area (Å²) in [7, 11) is 0. The highest BCUT2D eigenvalue weighted by Crippen LogP contribution is 2.24. The van der Waals surface area contributed by atoms with Gasteiger partial charge in [-0.1, -0.05) is 17.7 Å². The predicted octanol–water partition coefficient (Wildman–Crippen LogP) is 1.76. The third kappa shape index (κ3) is 2.88. The first-order valence-electron chi connectivity index (χ1n) is 6.31. The van der Waals surface area contributed by atoms with E-state index in [1.165, 1.54) is 6.07 Å². The zero-order chi connectivity index (χ0) is 13.2. The van der Waals surface area contributed by atoms with Crippen LogP contribution in [0.4, 0.5) is 4.39 Å². The van der Waals surface area contributed by atoms with Crippen LogP contribution in [0.25, 0.3) is 0 Å². The molecule has 3 nitrogen and oxygen atoms in total. The number of hydrogen-bond acceptors (Lipinski definition) is 3. The quantitative estimate of drug-likeness (QED) is 0.859. The maximum atomic E-state index is 13.5. The number of aliphatic hydroxyl groups is 1. The van der Waals surface area contributed by atoms with Gasteiger partial charge < -0.3 is 15.2 Å². The number of hydrogen-bond donors (Lipinski definition) is 2. The monoisotopic (exact) mass is 253 g/mol. The third-order valence-corrected chi connectivity index (χ3v) is 3.61. The summed E-state index contributed by atoms with van der Waals surface area (Å²) < 4.78 is 18.9. The van der Waals surface area contributed by atoms with E-state index in [4.69, 9.17) is 4.74 Å². The normalized spacial score (nSPS) is 27.7. The number of rotatable bonds is 4. The van der Waals surface area contributed by atoms with Gasteiger partial charge in [-0.2, -0.15) is 0 Å². The second-order valence-corrected chi connectivity index (χ2v) is 5.07. The number of nitrogens with one attached hydrogen (secondary N) is 1. The largest absolute Gasteiger partial charge is 0.386 e. The maximum Gasteiger partial charge on any atom is 0.127 e. The van der Waals surface area contributed by atoms with Crippen LogP contribution < -0.4 is 5.32 Å². The molecule has 0 saturated carbocycles. The summed E-state index contributed by atoms with van der Waals surface area (Å²) in [4.78, 5) is 0. The first-order valence-corrected chi connectivity index (χ1v) is 6.31. The Balaban J connectivity index is 1.90. The molecule has 0 amide bonds. The van der Waals surface area contributed by atoms with Crippen molar-refractivity contribution in [3.8, 4) is 0 Å². The Bertz CT molecular complexity index is 424. The number of aryl methyl sites for hydroxylation is 1. The molecule has 1 aliphatic heterocycles. The fraction of sp³-hybridized carbons (Fsp3) is 0.571. The molecule has 0 spiro atoms. The molecule has 0 radical (unpaired) electrons. The van der Waals surface area contributed by atoms with Crippen molar-refractivity contribution >= 4 is 0 Å². The summed E-state index contributed by atoms with van der Waals surface area (Å²) in [6.07, 6.45) is 0.449. The molecule has 1 aromatic carbocycles. The van der Waals surface area contributed by atoms with E-state index in [0.717, 1.165) is 5.56 Å². The summed E-state index contributed by atoms with van der Waals surface area (Å²) in [5, 5.41) is 13.4. The third-order valence-electron chi connectivity index (χ3n) is 3.61. The minimum atomic E-state index is -0.833. The second-order valence-electron chi connectivity index (χ2n) is 5.07. The molecule has 2 N–H and O–H groups in total. The van der Waals surface area contributed by atoms with Crippen molar-refractivity contribution < 1.29 is 14.2 Å². The first kappa shape index (κ1) is 13.5. The molecular formula is C14H20FNO2. The van der Waals surface area contributed by atoms with Gasteiger partial charge in [-0.15, -0.1) is 0 Å². The van der Waals surface area contributed by atoms with Crippen molar-refractivity contribution in [3.05, 3.63) is 35.1 Å². The van der Waals surface area contributed by atoms with Crippen molar-refractivity contribution in [1.29, 1.82) is 0 Å². The first-order chi connectivity index (χ1) is 8.51. The fourth-order valence-electron chi connectivity index (χ4n) is 2.26. The summed E-state index contributed by atoms with van der Waals surface area (Å²) >= 11 is 0. The Morgan fingerprint density at radius 3 is 3.00 bits per heavy atom. The molecule has 2 rings (SSSR count). The highest BCUT2D eigenvalue weighted by Gasteiger charge is 2.38. The van der Waals surface area contributed by atoms with Crippen LogP contribution in [0.3, 0.4) is 0 Å². The van der Waals surface area contributed by atoms with Crippen LogP contribution in [0.2, 0.25) is 0 Å². The summed E-state index contributed by atoms with van der Waals surface area (Å²) in [6.45, 7) is 5.22. The molecule has 0 aliphatic carbocycles. The van der Waals surface area contributed by atoms with Crippen LogP contribution >= 0.6 is 0 Å². The molecule has 1 aromatic rings. The average molecular weight is 253 g/mol. The van der Waals surface area contributed by atoms with E-state index >= 15 is 0 Å². The lowest BCUT2D eigenvalue weighted by Crippen LogP contribution is -2.45. The van der Waals surface area contributed by atoms with Crippen molar-refractivity contribution in [2.75, 3.05) is 13.2 Å². The van der Waals surface area contributed by atoms with Crippen LogP contribution in [-0.4, -0.2) is 30.0 Å². The van der Waals surface area contributed by atoms with Gasteiger partial charge in [0.15, 0.2) is 0 Å². The standard InChI is InChI=1S/C14H20FNO2/c1-10-3-4-13(15)12(7-10)8-16-9-14(17)5-6-18-11(14)2/h3-4,7,11,16-17H,5-6,8-9H2,1-2H3. The average Bonchev–Trinajstić information content (AvgIpc) is 2.64. The Morgan fingerprint density at radius 1 is 1.56 bits per heavy atom. The van der Waals surface area contributed by atoms with Crippen molar-refractivity contribution in [2.45, 2.75) is 38.5 Å². The Kier molecular flexibility index (Phi) is 4.00. The van der Waals surface area contributed by atoms with Gasteiger partial charge in [0.2, 0.25) is 0 Å². The van der Waals surface area contributed by atoms with E-state index in [1.54, 1.807) is 6.07 Å². The van der Waals surface area contributed by atoms with E-state index in [1.807, 2.05) is 19.9 Å². The van der Waals surface area contributed by atoms with Gasteiger partial charge in [0.1, 0.15) is 11.4 Å². The van der Waals surface area contributed by atoms with Gasteiger partial charge in [0, 0.05) is 31.7 Å². The number of ether oxygens (including phenoxy) is 1. The van der Waals surface area contributed by atoms with Gasteiger partial charge >= 0.3 is 0 Å². The van der Waals surface area contributed by atoms with E-state index in [9.17, 15) is 9.50 Å². The van der Waals surface area contributed by atoms with Crippen LogP contribution in [0.1, 0.15) is 24.5 Å². The van der Waals surface area contributed by atoms with Crippen LogP contribution in [0.5, 0.6) is 0 Å². The molecule has 0 aromatic heterocycles. The minimum absolute atomic E-state index is 0.174. The van der Waals surface area contributed by atoms with E-state index in [2.05, 4.69) is 5.32 Å². The van der Waals surface area contributed by atoms with Gasteiger partial charge in [0.25, 0.3) is 0 Å². The fourth-order valence-corrected chi connectivity index (χ4v) is 2.26. The highest BCUT2D eigenvalue weighted by molar-refractivity contribution is 5.23. The smallest absolute Gasteiger partial charge is 0.127 e. The molecule has 0 bridgehead atoms. The number of benzene rings is 1. The van der Waals surface area contributed by atoms with Crippen molar-refractivity contribution in [1.82, 2.24) is 5.32 Å². The lowest BCUT2D eigenvalue weighted by atomic mass is 9.96. The lowest BCUT2D eigenvalue weighted by Gasteiger charge is -2.26. The topological polar surface area (TPSA) is 41.5 Å². The Morgan fingerprint density at radius 2 is 2.33 bits per heavy atom. The van der Waals surface area contributed by atoms with Gasteiger partial charge in [0.05, 0.1) is 6.10 Å². The van der Waals surface area contributed by atoms with Gasteiger partial charge in [-0.25, -0.2) is 4.39 Å². The predicted molar refractivity (Wildman–Crippen MR) is 67.8 cm³/mol. The molecule has 100 valence electrons. The molecule has 2 atom stereocenters. The van der Waals surface area contributed by atoms with E-state index in [-0.39, 0.29) is 11.9 Å². The molecule has 2 unspecified atom stereocenters. The SMILES string of the molecule is Cc1ccc(F)c(CNCC2(O)CCOC2C)c1. The van der Waals surface area contributed by atoms with Crippen LogP contribution in [0, 0.1) is 12.7 Å². The zero-order valence-electron chi connectivity index (χ0n) is 10.9. The zero-order valence-corrected chi connectivity index (χ0v) is 10.9. The van der Waals surface area contributed by atoms with E-state index in [0.29, 0.717) is 31.7 Å². The maximum absolute atomic E-state index is 13.5. The van der Waals surface area contributed by atoms with Crippen molar-refractivity contribution in [3.63, 3.8) is 0 Å². The molecule has 1 fully saturated rings. The summed E-state index contributed by atoms with van der Waals surface area (Å²) in [5.74, 6) is -0.212. The molecule has 1 aliphatic rings. The molecule has 1 heterocycles. The lowest BCUT2D eigenvalue weighted by molar-refractivity contribution is -0.0263. The Hall–Kier alpha value is -0.970. The second kappa shape index (κ2) is 5.34. The summed E-state index contributed by atoms with van der Waals surface area (Å²) in [6, 6.07) is 5.04. The summed E-state index contributed by atoms with van der Waals surface area (Å²) in [5.41, 5.74) is 0.829. The van der Waals surface area contributed by atoms with Crippen molar-refractivity contribution in [2.24, 2.45) is 0 Å².